The summed E-state index contributed by atoms with van der Waals surface area (Å²) >= 11 is 0. The monoisotopic (exact) mass is 398 g/mol. The first kappa shape index (κ1) is 22.8. The molecular formula is C18H30N4O4S. The molecule has 1 atom stereocenters. The zero-order valence-electron chi connectivity index (χ0n) is 16.7. The molecular weight excluding hydrogens is 368 g/mol. The van der Waals surface area contributed by atoms with E-state index in [1.165, 1.54) is 11.2 Å². The minimum Gasteiger partial charge on any atom is -0.484 e. The minimum atomic E-state index is -2.98. The van der Waals surface area contributed by atoms with Crippen molar-refractivity contribution in [3.05, 3.63) is 29.8 Å². The van der Waals surface area contributed by atoms with Gasteiger partial charge in [0.2, 0.25) is 0 Å². The molecule has 0 radical (unpaired) electrons. The Morgan fingerprint density at radius 2 is 2.04 bits per heavy atom. The highest BCUT2D eigenvalue weighted by atomic mass is 32.2. The van der Waals surface area contributed by atoms with Gasteiger partial charge in [0.1, 0.15) is 15.6 Å². The van der Waals surface area contributed by atoms with Crippen molar-refractivity contribution >= 4 is 21.7 Å². The highest BCUT2D eigenvalue weighted by Gasteiger charge is 2.10. The lowest BCUT2D eigenvalue weighted by atomic mass is 10.2. The Bertz CT molecular complexity index is 747. The van der Waals surface area contributed by atoms with E-state index in [1.807, 2.05) is 25.1 Å². The van der Waals surface area contributed by atoms with Crippen LogP contribution in [0.2, 0.25) is 0 Å². The highest BCUT2D eigenvalue weighted by Crippen LogP contribution is 2.13. The smallest absolute Gasteiger partial charge is 0.259 e. The quantitative estimate of drug-likeness (QED) is 0.468. The van der Waals surface area contributed by atoms with Crippen LogP contribution < -0.4 is 15.4 Å². The minimum absolute atomic E-state index is 0.00897. The summed E-state index contributed by atoms with van der Waals surface area (Å²) in [6.07, 6.45) is 1.73. The molecule has 1 aromatic carbocycles. The molecule has 1 amide bonds. The molecule has 1 aromatic rings. The number of hydrogen-bond donors (Lipinski definition) is 2. The summed E-state index contributed by atoms with van der Waals surface area (Å²) in [5.74, 6) is 1.23. The number of nitrogens with one attached hydrogen (secondary N) is 2. The molecule has 0 aliphatic rings. The second kappa shape index (κ2) is 10.8. The molecule has 152 valence electrons. The number of hydrogen-bond acceptors (Lipinski definition) is 5. The van der Waals surface area contributed by atoms with Crippen LogP contribution in [0.4, 0.5) is 0 Å². The van der Waals surface area contributed by atoms with Crippen molar-refractivity contribution in [3.63, 3.8) is 0 Å². The number of ether oxygens (including phenoxy) is 1. The van der Waals surface area contributed by atoms with E-state index >= 15 is 0 Å². The molecule has 8 nitrogen and oxygen atoms in total. The molecule has 0 saturated heterocycles. The van der Waals surface area contributed by atoms with E-state index in [9.17, 15) is 13.2 Å². The summed E-state index contributed by atoms with van der Waals surface area (Å²) in [6, 6.07) is 7.42. The van der Waals surface area contributed by atoms with Gasteiger partial charge in [0, 0.05) is 40.0 Å². The summed E-state index contributed by atoms with van der Waals surface area (Å²) in [7, 11) is 2.04. The zero-order valence-corrected chi connectivity index (χ0v) is 17.5. The molecule has 1 rings (SSSR count). The molecule has 0 aliphatic heterocycles. The Labute approximate surface area is 161 Å². The average molecular weight is 399 g/mol. The SMILES string of the molecule is CN=C(NCc1cccc(OCC(=O)N(C)C)c1)NC(C)CCS(C)(=O)=O. The molecule has 0 saturated carbocycles. The van der Waals surface area contributed by atoms with Gasteiger partial charge >= 0.3 is 0 Å². The Balaban J connectivity index is 2.53. The van der Waals surface area contributed by atoms with Crippen molar-refractivity contribution in [1.29, 1.82) is 0 Å². The number of guanidine groups is 1. The summed E-state index contributed by atoms with van der Waals surface area (Å²) in [6.45, 7) is 2.41. The normalized spacial score (nSPS) is 13.0. The van der Waals surface area contributed by atoms with Crippen LogP contribution in [0.3, 0.4) is 0 Å². The van der Waals surface area contributed by atoms with E-state index in [2.05, 4.69) is 15.6 Å². The van der Waals surface area contributed by atoms with Gasteiger partial charge in [-0.3, -0.25) is 9.79 Å². The van der Waals surface area contributed by atoms with Gasteiger partial charge in [-0.25, -0.2) is 8.42 Å². The molecule has 0 aromatic heterocycles. The zero-order chi connectivity index (χ0) is 20.4. The van der Waals surface area contributed by atoms with Crippen LogP contribution in [-0.4, -0.2) is 71.0 Å². The summed E-state index contributed by atoms with van der Waals surface area (Å²) < 4.78 is 28.0. The number of aliphatic imine (C=N–C) groups is 1. The van der Waals surface area contributed by atoms with Crippen molar-refractivity contribution in [2.75, 3.05) is 39.8 Å². The molecule has 9 heteroatoms. The molecule has 27 heavy (non-hydrogen) atoms. The molecule has 1 unspecified atom stereocenters. The van der Waals surface area contributed by atoms with Gasteiger partial charge in [0.05, 0.1) is 5.75 Å². The Hall–Kier alpha value is -2.29. The number of nitrogens with zero attached hydrogens (tertiary/aromatic N) is 2. The third-order valence-corrected chi connectivity index (χ3v) is 4.73. The average Bonchev–Trinajstić information content (AvgIpc) is 2.61. The highest BCUT2D eigenvalue weighted by molar-refractivity contribution is 7.90. The fourth-order valence-corrected chi connectivity index (χ4v) is 2.88. The van der Waals surface area contributed by atoms with E-state index in [0.29, 0.717) is 24.7 Å². The van der Waals surface area contributed by atoms with Crippen molar-refractivity contribution in [3.8, 4) is 5.75 Å². The lowest BCUT2D eigenvalue weighted by molar-refractivity contribution is -0.130. The number of rotatable bonds is 9. The van der Waals surface area contributed by atoms with Gasteiger partial charge in [0.15, 0.2) is 12.6 Å². The predicted molar refractivity (Wildman–Crippen MR) is 108 cm³/mol. The summed E-state index contributed by atoms with van der Waals surface area (Å²) in [5.41, 5.74) is 0.969. The van der Waals surface area contributed by atoms with E-state index in [1.54, 1.807) is 27.2 Å². The van der Waals surface area contributed by atoms with Gasteiger partial charge in [-0.05, 0) is 31.0 Å². The summed E-state index contributed by atoms with van der Waals surface area (Å²) in [5, 5.41) is 6.35. The molecule has 0 spiro atoms. The van der Waals surface area contributed by atoms with E-state index in [0.717, 1.165) is 5.56 Å². The van der Waals surface area contributed by atoms with Gasteiger partial charge < -0.3 is 20.3 Å². The van der Waals surface area contributed by atoms with Crippen LogP contribution in [0, 0.1) is 0 Å². The van der Waals surface area contributed by atoms with Crippen LogP contribution in [0.1, 0.15) is 18.9 Å². The predicted octanol–water partition coefficient (Wildman–Crippen LogP) is 0.642. The second-order valence-electron chi connectivity index (χ2n) is 6.61. The molecule has 0 heterocycles. The van der Waals surface area contributed by atoms with Gasteiger partial charge in [-0.2, -0.15) is 0 Å². The first-order valence-corrected chi connectivity index (χ1v) is 10.7. The second-order valence-corrected chi connectivity index (χ2v) is 8.87. The van der Waals surface area contributed by atoms with Crippen LogP contribution in [-0.2, 0) is 21.2 Å². The fraction of sp³-hybridized carbons (Fsp3) is 0.556. The standard InChI is InChI=1S/C18H30N4O4S/c1-14(9-10-27(5,24)25)21-18(19-2)20-12-15-7-6-8-16(11-15)26-13-17(23)22(3)4/h6-8,11,14H,9-10,12-13H2,1-5H3,(H2,19,20,21). The van der Waals surface area contributed by atoms with E-state index in [4.69, 9.17) is 4.74 Å². The third-order valence-electron chi connectivity index (χ3n) is 3.75. The Kier molecular flexibility index (Phi) is 9.07. The molecule has 0 fully saturated rings. The number of sulfone groups is 1. The largest absolute Gasteiger partial charge is 0.484 e. The first-order valence-electron chi connectivity index (χ1n) is 8.67. The summed E-state index contributed by atoms with van der Waals surface area (Å²) in [4.78, 5) is 17.2. The molecule has 0 bridgehead atoms. The number of benzene rings is 1. The van der Waals surface area contributed by atoms with Crippen molar-refractivity contribution in [2.24, 2.45) is 4.99 Å². The van der Waals surface area contributed by atoms with E-state index < -0.39 is 9.84 Å². The maximum Gasteiger partial charge on any atom is 0.259 e. The number of carbonyl (C=O) groups is 1. The van der Waals surface area contributed by atoms with Crippen molar-refractivity contribution in [1.82, 2.24) is 15.5 Å². The van der Waals surface area contributed by atoms with Crippen molar-refractivity contribution < 1.29 is 17.9 Å². The van der Waals surface area contributed by atoms with Crippen molar-refractivity contribution in [2.45, 2.75) is 25.9 Å². The van der Waals surface area contributed by atoms with Crippen LogP contribution in [0.25, 0.3) is 0 Å². The number of amides is 1. The van der Waals surface area contributed by atoms with Crippen LogP contribution >= 0.6 is 0 Å². The fourth-order valence-electron chi connectivity index (χ4n) is 2.10. The molecule has 2 N–H and O–H groups in total. The third kappa shape index (κ3) is 9.83. The van der Waals surface area contributed by atoms with E-state index in [-0.39, 0.29) is 24.3 Å². The maximum absolute atomic E-state index is 11.6. The Morgan fingerprint density at radius 3 is 2.63 bits per heavy atom. The topological polar surface area (TPSA) is 100 Å². The first-order chi connectivity index (χ1) is 12.6. The molecule has 0 aliphatic carbocycles. The lowest BCUT2D eigenvalue weighted by Crippen LogP contribution is -2.42. The maximum atomic E-state index is 11.6. The van der Waals surface area contributed by atoms with Crippen LogP contribution in [0.15, 0.2) is 29.3 Å². The van der Waals surface area contributed by atoms with Gasteiger partial charge in [-0.1, -0.05) is 12.1 Å². The van der Waals surface area contributed by atoms with Gasteiger partial charge in [0.25, 0.3) is 5.91 Å². The number of likely N-dealkylation sites (N-methyl/N-ethyl adjacent to an activating group) is 1. The number of carbonyl (C=O) groups excluding carboxylic acids is 1. The lowest BCUT2D eigenvalue weighted by Gasteiger charge is -2.18. The van der Waals surface area contributed by atoms with Gasteiger partial charge in [-0.15, -0.1) is 0 Å². The Morgan fingerprint density at radius 1 is 1.33 bits per heavy atom. The van der Waals surface area contributed by atoms with Crippen LogP contribution in [0.5, 0.6) is 5.75 Å².